The molecule has 0 aliphatic heterocycles. The van der Waals surface area contributed by atoms with Gasteiger partial charge in [-0.2, -0.15) is 4.31 Å². The van der Waals surface area contributed by atoms with Crippen molar-refractivity contribution in [1.29, 1.82) is 0 Å². The van der Waals surface area contributed by atoms with E-state index < -0.39 is 15.9 Å². The van der Waals surface area contributed by atoms with Gasteiger partial charge in [0.15, 0.2) is 0 Å². The lowest BCUT2D eigenvalue weighted by Gasteiger charge is -2.19. The number of carbonyl (C=O) groups excluding carboxylic acids is 1. The van der Waals surface area contributed by atoms with Gasteiger partial charge in [0.05, 0.1) is 15.5 Å². The van der Waals surface area contributed by atoms with Crippen molar-refractivity contribution in [2.24, 2.45) is 0 Å². The van der Waals surface area contributed by atoms with Gasteiger partial charge in [-0.1, -0.05) is 31.5 Å². The summed E-state index contributed by atoms with van der Waals surface area (Å²) in [6.07, 6.45) is 0. The van der Waals surface area contributed by atoms with Crippen LogP contribution in [0, 0.1) is 3.57 Å². The summed E-state index contributed by atoms with van der Waals surface area (Å²) in [5, 5.41) is 2.94. The Balaban J connectivity index is 2.37. The number of nitrogens with one attached hydrogen (secondary N) is 1. The number of nitrogens with zero attached hydrogens (tertiary/aromatic N) is 1. The third kappa shape index (κ3) is 4.72. The quantitative estimate of drug-likeness (QED) is 0.614. The van der Waals surface area contributed by atoms with Gasteiger partial charge >= 0.3 is 0 Å². The second-order valence-electron chi connectivity index (χ2n) is 5.20. The molecule has 0 unspecified atom stereocenters. The van der Waals surface area contributed by atoms with E-state index in [1.807, 2.05) is 18.2 Å². The third-order valence-corrected chi connectivity index (χ3v) is 6.65. The maximum Gasteiger partial charge on any atom is 0.257 e. The fourth-order valence-electron chi connectivity index (χ4n) is 2.32. The summed E-state index contributed by atoms with van der Waals surface area (Å²) in [6, 6.07) is 11.5. The van der Waals surface area contributed by atoms with Crippen molar-refractivity contribution in [2.45, 2.75) is 18.7 Å². The number of halogens is 2. The van der Waals surface area contributed by atoms with Crippen LogP contribution in [0.15, 0.2) is 47.4 Å². The van der Waals surface area contributed by atoms with Crippen molar-refractivity contribution in [1.82, 2.24) is 4.31 Å². The maximum atomic E-state index is 12.6. The Labute approximate surface area is 166 Å². The molecule has 25 heavy (non-hydrogen) atoms. The Morgan fingerprint density at radius 3 is 2.44 bits per heavy atom. The van der Waals surface area contributed by atoms with Crippen LogP contribution in [0.5, 0.6) is 0 Å². The van der Waals surface area contributed by atoms with Gasteiger partial charge in [-0.3, -0.25) is 4.79 Å². The van der Waals surface area contributed by atoms with E-state index in [0.717, 1.165) is 3.57 Å². The van der Waals surface area contributed by atoms with Gasteiger partial charge < -0.3 is 5.32 Å². The number of carbonyl (C=O) groups is 1. The Kier molecular flexibility index (Phi) is 6.84. The number of sulfonamides is 1. The molecule has 1 N–H and O–H groups in total. The minimum Gasteiger partial charge on any atom is -0.322 e. The second-order valence-corrected chi connectivity index (χ2v) is 8.79. The van der Waals surface area contributed by atoms with Crippen LogP contribution in [0.2, 0.25) is 5.02 Å². The number of anilines is 1. The van der Waals surface area contributed by atoms with Crippen LogP contribution in [0.25, 0.3) is 0 Å². The van der Waals surface area contributed by atoms with Crippen LogP contribution in [0.1, 0.15) is 24.2 Å². The van der Waals surface area contributed by atoms with E-state index >= 15 is 0 Å². The first-order valence-corrected chi connectivity index (χ1v) is 10.6. The normalized spacial score (nSPS) is 11.6. The summed E-state index contributed by atoms with van der Waals surface area (Å²) in [7, 11) is -3.66. The molecule has 0 saturated carbocycles. The smallest absolute Gasteiger partial charge is 0.257 e. The number of hydrogen-bond donors (Lipinski definition) is 1. The van der Waals surface area contributed by atoms with Gasteiger partial charge in [-0.05, 0) is 59.0 Å². The van der Waals surface area contributed by atoms with Crippen LogP contribution in [-0.2, 0) is 10.0 Å². The molecule has 2 aromatic rings. The molecule has 0 aliphatic rings. The summed E-state index contributed by atoms with van der Waals surface area (Å²) >= 11 is 8.26. The lowest BCUT2D eigenvalue weighted by molar-refractivity contribution is 0.102. The highest BCUT2D eigenvalue weighted by atomic mass is 127. The molecule has 8 heteroatoms. The van der Waals surface area contributed by atoms with Crippen LogP contribution in [0.4, 0.5) is 5.69 Å². The molecule has 0 bridgehead atoms. The zero-order valence-electron chi connectivity index (χ0n) is 13.8. The van der Waals surface area contributed by atoms with Crippen molar-refractivity contribution in [3.8, 4) is 0 Å². The molecule has 1 amide bonds. The first-order valence-electron chi connectivity index (χ1n) is 7.66. The minimum absolute atomic E-state index is 0.0494. The first kappa shape index (κ1) is 20.2. The molecule has 0 heterocycles. The maximum absolute atomic E-state index is 12.6. The molecule has 2 rings (SSSR count). The molecule has 0 aliphatic carbocycles. The van der Waals surface area contributed by atoms with E-state index in [-0.39, 0.29) is 15.5 Å². The molecular weight excluding hydrogens is 475 g/mol. The summed E-state index contributed by atoms with van der Waals surface area (Å²) in [5.74, 6) is -0.455. The fraction of sp³-hybridized carbons (Fsp3) is 0.235. The third-order valence-electron chi connectivity index (χ3n) is 3.61. The lowest BCUT2D eigenvalue weighted by Crippen LogP contribution is -2.30. The highest BCUT2D eigenvalue weighted by Crippen LogP contribution is 2.24. The van der Waals surface area contributed by atoms with E-state index in [9.17, 15) is 13.2 Å². The lowest BCUT2D eigenvalue weighted by atomic mass is 10.2. The van der Waals surface area contributed by atoms with Gasteiger partial charge in [-0.25, -0.2) is 8.42 Å². The molecule has 0 atom stereocenters. The van der Waals surface area contributed by atoms with Gasteiger partial charge in [0.1, 0.15) is 0 Å². The summed E-state index contributed by atoms with van der Waals surface area (Å²) in [5.41, 5.74) is 0.735. The molecule has 5 nitrogen and oxygen atoms in total. The summed E-state index contributed by atoms with van der Waals surface area (Å²) in [4.78, 5) is 12.6. The van der Waals surface area contributed by atoms with E-state index in [1.54, 1.807) is 19.9 Å². The zero-order chi connectivity index (χ0) is 18.6. The predicted octanol–water partition coefficient (Wildman–Crippen LogP) is 4.23. The molecular formula is C17H18ClIN2O3S. The molecule has 0 saturated heterocycles. The largest absolute Gasteiger partial charge is 0.322 e. The van der Waals surface area contributed by atoms with Crippen molar-refractivity contribution in [2.75, 3.05) is 18.4 Å². The second kappa shape index (κ2) is 8.48. The minimum atomic E-state index is -3.66. The highest BCUT2D eigenvalue weighted by Gasteiger charge is 2.23. The van der Waals surface area contributed by atoms with E-state index in [4.69, 9.17) is 11.6 Å². The predicted molar refractivity (Wildman–Crippen MR) is 109 cm³/mol. The van der Waals surface area contributed by atoms with Gasteiger partial charge in [0, 0.05) is 22.3 Å². The average Bonchev–Trinajstić information content (AvgIpc) is 2.55. The standard InChI is InChI=1S/C17H18ClIN2O3S/c1-3-21(4-2)25(23,24)14-8-9-16(18)15(11-14)17(22)20-13-7-5-6-12(19)10-13/h5-11H,3-4H2,1-2H3,(H,20,22). The molecule has 2 aromatic carbocycles. The molecule has 0 aromatic heterocycles. The average molecular weight is 493 g/mol. The summed E-state index contributed by atoms with van der Waals surface area (Å²) in [6.45, 7) is 4.24. The van der Waals surface area contributed by atoms with Crippen molar-refractivity contribution in [3.63, 3.8) is 0 Å². The number of amides is 1. The van der Waals surface area contributed by atoms with Gasteiger partial charge in [0.25, 0.3) is 5.91 Å². The number of rotatable bonds is 6. The molecule has 0 fully saturated rings. The fourth-order valence-corrected chi connectivity index (χ4v) is 4.55. The SMILES string of the molecule is CCN(CC)S(=O)(=O)c1ccc(Cl)c(C(=O)Nc2cccc(I)c2)c1. The Hall–Kier alpha value is -1.16. The number of hydrogen-bond acceptors (Lipinski definition) is 3. The molecule has 134 valence electrons. The Bertz CT molecular complexity index is 883. The van der Waals surface area contributed by atoms with E-state index in [2.05, 4.69) is 27.9 Å². The Morgan fingerprint density at radius 2 is 1.84 bits per heavy atom. The Morgan fingerprint density at radius 1 is 1.16 bits per heavy atom. The monoisotopic (exact) mass is 492 g/mol. The highest BCUT2D eigenvalue weighted by molar-refractivity contribution is 14.1. The van der Waals surface area contributed by atoms with Crippen molar-refractivity contribution >= 4 is 55.8 Å². The van der Waals surface area contributed by atoms with Crippen LogP contribution in [-0.4, -0.2) is 31.7 Å². The van der Waals surface area contributed by atoms with E-state index in [0.29, 0.717) is 18.8 Å². The summed E-state index contributed by atoms with van der Waals surface area (Å²) < 4.78 is 27.6. The zero-order valence-corrected chi connectivity index (χ0v) is 17.5. The van der Waals surface area contributed by atoms with Crippen molar-refractivity contribution in [3.05, 3.63) is 56.6 Å². The molecule has 0 spiro atoms. The van der Waals surface area contributed by atoms with Gasteiger partial charge in [0.2, 0.25) is 10.0 Å². The van der Waals surface area contributed by atoms with Gasteiger partial charge in [-0.15, -0.1) is 0 Å². The van der Waals surface area contributed by atoms with Crippen LogP contribution < -0.4 is 5.32 Å². The first-order chi connectivity index (χ1) is 11.8. The van der Waals surface area contributed by atoms with Crippen LogP contribution >= 0.6 is 34.2 Å². The van der Waals surface area contributed by atoms with Crippen LogP contribution in [0.3, 0.4) is 0 Å². The molecule has 0 radical (unpaired) electrons. The van der Waals surface area contributed by atoms with Crippen molar-refractivity contribution < 1.29 is 13.2 Å². The number of benzene rings is 2. The topological polar surface area (TPSA) is 66.5 Å². The van der Waals surface area contributed by atoms with E-state index in [1.165, 1.54) is 22.5 Å².